The highest BCUT2D eigenvalue weighted by Gasteiger charge is 2.21. The molecular weight excluding hydrogens is 448 g/mol. The van der Waals surface area contributed by atoms with E-state index in [4.69, 9.17) is 9.47 Å². The van der Waals surface area contributed by atoms with Crippen LogP contribution in [0.5, 0.6) is 0 Å². The molecule has 206 valence electrons. The average molecular weight is 503 g/mol. The van der Waals surface area contributed by atoms with Crippen LogP contribution in [-0.4, -0.2) is 25.2 Å². The van der Waals surface area contributed by atoms with E-state index < -0.39 is 11.9 Å². The molecule has 0 spiro atoms. The van der Waals surface area contributed by atoms with Crippen LogP contribution in [-0.2, 0) is 9.47 Å². The molecule has 0 aromatic heterocycles. The highest BCUT2D eigenvalue weighted by Crippen LogP contribution is 2.24. The van der Waals surface area contributed by atoms with Gasteiger partial charge in [-0.05, 0) is 36.3 Å². The zero-order valence-corrected chi connectivity index (χ0v) is 24.0. The Kier molecular flexibility index (Phi) is 17.3. The highest BCUT2D eigenvalue weighted by atomic mass is 16.5. The summed E-state index contributed by atoms with van der Waals surface area (Å²) in [6, 6.07) is 6.78. The fraction of sp³-hybridized carbons (Fsp3) is 0.750. The molecule has 1 aromatic carbocycles. The van der Waals surface area contributed by atoms with Gasteiger partial charge in [0.25, 0.3) is 0 Å². The fourth-order valence-electron chi connectivity index (χ4n) is 4.78. The van der Waals surface area contributed by atoms with Crippen LogP contribution in [0.15, 0.2) is 24.3 Å². The van der Waals surface area contributed by atoms with Gasteiger partial charge in [-0.1, -0.05) is 130 Å². The Morgan fingerprint density at radius 1 is 0.694 bits per heavy atom. The van der Waals surface area contributed by atoms with Crippen LogP contribution in [0.1, 0.15) is 152 Å². The molecule has 0 heterocycles. The van der Waals surface area contributed by atoms with E-state index in [-0.39, 0.29) is 22.5 Å². The second kappa shape index (κ2) is 19.3. The lowest BCUT2D eigenvalue weighted by atomic mass is 9.86. The minimum atomic E-state index is -0.459. The third-order valence-electron chi connectivity index (χ3n) is 6.56. The van der Waals surface area contributed by atoms with Gasteiger partial charge in [-0.3, -0.25) is 0 Å². The van der Waals surface area contributed by atoms with Gasteiger partial charge in [-0.25, -0.2) is 9.59 Å². The van der Waals surface area contributed by atoms with E-state index in [1.54, 1.807) is 24.3 Å². The monoisotopic (exact) mass is 502 g/mol. The third kappa shape index (κ3) is 16.0. The minimum Gasteiger partial charge on any atom is -0.462 e. The number of benzene rings is 1. The fourth-order valence-corrected chi connectivity index (χ4v) is 4.78. The van der Waals surface area contributed by atoms with E-state index in [0.717, 1.165) is 19.3 Å². The third-order valence-corrected chi connectivity index (χ3v) is 6.56. The van der Waals surface area contributed by atoms with Gasteiger partial charge in [0.1, 0.15) is 0 Å². The normalized spacial score (nSPS) is 12.4. The lowest BCUT2D eigenvalue weighted by Crippen LogP contribution is -2.19. The topological polar surface area (TPSA) is 52.6 Å². The first-order valence-electron chi connectivity index (χ1n) is 14.7. The van der Waals surface area contributed by atoms with Crippen molar-refractivity contribution in [2.45, 2.75) is 131 Å². The first-order chi connectivity index (χ1) is 17.2. The van der Waals surface area contributed by atoms with Crippen LogP contribution in [0, 0.1) is 11.3 Å². The molecule has 1 unspecified atom stereocenters. The molecule has 0 aliphatic rings. The first kappa shape index (κ1) is 32.2. The van der Waals surface area contributed by atoms with Crippen LogP contribution < -0.4 is 0 Å². The van der Waals surface area contributed by atoms with Crippen molar-refractivity contribution in [3.8, 4) is 0 Å². The van der Waals surface area contributed by atoms with E-state index in [2.05, 4.69) is 34.6 Å². The lowest BCUT2D eigenvalue weighted by Gasteiger charge is -2.23. The van der Waals surface area contributed by atoms with Gasteiger partial charge in [0.2, 0.25) is 0 Å². The summed E-state index contributed by atoms with van der Waals surface area (Å²) in [5.41, 5.74) is 0.753. The van der Waals surface area contributed by atoms with E-state index in [0.29, 0.717) is 13.2 Å². The smallest absolute Gasteiger partial charge is 0.339 e. The van der Waals surface area contributed by atoms with Gasteiger partial charge >= 0.3 is 11.9 Å². The van der Waals surface area contributed by atoms with Crippen LogP contribution in [0.4, 0.5) is 0 Å². The van der Waals surface area contributed by atoms with E-state index in [1.807, 2.05) is 0 Å². The number of carbonyl (C=O) groups is 2. The van der Waals surface area contributed by atoms with Crippen molar-refractivity contribution < 1.29 is 19.1 Å². The summed E-state index contributed by atoms with van der Waals surface area (Å²) >= 11 is 0. The predicted molar refractivity (Wildman–Crippen MR) is 151 cm³/mol. The van der Waals surface area contributed by atoms with Crippen LogP contribution >= 0.6 is 0 Å². The second-order valence-electron chi connectivity index (χ2n) is 11.7. The maximum atomic E-state index is 12.6. The van der Waals surface area contributed by atoms with Crippen molar-refractivity contribution >= 4 is 11.9 Å². The zero-order valence-electron chi connectivity index (χ0n) is 24.0. The number of hydrogen-bond donors (Lipinski definition) is 0. The van der Waals surface area contributed by atoms with Crippen molar-refractivity contribution in [1.82, 2.24) is 0 Å². The summed E-state index contributed by atoms with van der Waals surface area (Å²) in [6.07, 6.45) is 19.0. The molecule has 0 N–H and O–H groups in total. The summed E-state index contributed by atoms with van der Waals surface area (Å²) in [5.74, 6) is -0.645. The van der Waals surface area contributed by atoms with Gasteiger partial charge < -0.3 is 9.47 Å². The van der Waals surface area contributed by atoms with Gasteiger partial charge in [0, 0.05) is 0 Å². The average Bonchev–Trinajstić information content (AvgIpc) is 2.83. The Morgan fingerprint density at radius 2 is 1.11 bits per heavy atom. The predicted octanol–water partition coefficient (Wildman–Crippen LogP) is 9.55. The summed E-state index contributed by atoms with van der Waals surface area (Å²) in [6.45, 7) is 11.6. The number of rotatable bonds is 20. The second-order valence-corrected chi connectivity index (χ2v) is 11.7. The highest BCUT2D eigenvalue weighted by molar-refractivity contribution is 6.03. The largest absolute Gasteiger partial charge is 0.462 e. The standard InChI is InChI=1S/C32H54O4/c1-6-7-8-9-10-11-12-13-14-15-16-17-18-21-24-35-30(33)28-22-19-20-23-29(28)31(34)36-26-27(2)25-32(3,4)5/h19-20,22-23,27H,6-18,21,24-26H2,1-5H3. The Labute approximate surface area is 221 Å². The van der Waals surface area contributed by atoms with Crippen LogP contribution in [0.3, 0.4) is 0 Å². The van der Waals surface area contributed by atoms with E-state index in [1.165, 1.54) is 77.0 Å². The molecule has 0 aliphatic carbocycles. The molecule has 0 fully saturated rings. The summed E-state index contributed by atoms with van der Waals surface area (Å²) in [5, 5.41) is 0. The van der Waals surface area contributed by atoms with Crippen molar-refractivity contribution in [2.75, 3.05) is 13.2 Å². The maximum Gasteiger partial charge on any atom is 0.339 e. The summed E-state index contributed by atoms with van der Waals surface area (Å²) < 4.78 is 11.0. The Morgan fingerprint density at radius 3 is 1.56 bits per heavy atom. The molecule has 0 amide bonds. The van der Waals surface area contributed by atoms with E-state index in [9.17, 15) is 9.59 Å². The molecule has 4 nitrogen and oxygen atoms in total. The summed E-state index contributed by atoms with van der Waals surface area (Å²) in [7, 11) is 0. The molecule has 0 radical (unpaired) electrons. The Hall–Kier alpha value is -1.84. The molecule has 1 atom stereocenters. The van der Waals surface area contributed by atoms with Gasteiger partial charge in [-0.15, -0.1) is 0 Å². The molecule has 0 saturated heterocycles. The van der Waals surface area contributed by atoms with Gasteiger partial charge in [0.15, 0.2) is 0 Å². The van der Waals surface area contributed by atoms with Crippen LogP contribution in [0.25, 0.3) is 0 Å². The maximum absolute atomic E-state index is 12.6. The first-order valence-corrected chi connectivity index (χ1v) is 14.7. The SMILES string of the molecule is CCCCCCCCCCCCCCCCOC(=O)c1ccccc1C(=O)OCC(C)CC(C)(C)C. The molecule has 1 aromatic rings. The number of ether oxygens (including phenoxy) is 2. The van der Waals surface area contributed by atoms with Gasteiger partial charge in [0.05, 0.1) is 24.3 Å². The molecular formula is C32H54O4. The number of unbranched alkanes of at least 4 members (excludes halogenated alkanes) is 13. The van der Waals surface area contributed by atoms with Crippen molar-refractivity contribution in [1.29, 1.82) is 0 Å². The van der Waals surface area contributed by atoms with Crippen LogP contribution in [0.2, 0.25) is 0 Å². The van der Waals surface area contributed by atoms with Crippen molar-refractivity contribution in [3.05, 3.63) is 35.4 Å². The molecule has 0 bridgehead atoms. The van der Waals surface area contributed by atoms with Crippen molar-refractivity contribution in [2.24, 2.45) is 11.3 Å². The number of hydrogen-bond acceptors (Lipinski definition) is 4. The summed E-state index contributed by atoms with van der Waals surface area (Å²) in [4.78, 5) is 25.2. The van der Waals surface area contributed by atoms with E-state index >= 15 is 0 Å². The number of esters is 2. The van der Waals surface area contributed by atoms with Gasteiger partial charge in [-0.2, -0.15) is 0 Å². The minimum absolute atomic E-state index is 0.181. The zero-order chi connectivity index (χ0) is 26.7. The quantitative estimate of drug-likeness (QED) is 0.132. The van der Waals surface area contributed by atoms with Crippen molar-refractivity contribution in [3.63, 3.8) is 0 Å². The Bertz CT molecular complexity index is 719. The molecule has 0 aliphatic heterocycles. The molecule has 1 rings (SSSR count). The molecule has 4 heteroatoms. The molecule has 0 saturated carbocycles. The Balaban J connectivity index is 2.18. The number of carbonyl (C=O) groups excluding carboxylic acids is 2. The molecule has 36 heavy (non-hydrogen) atoms. The lowest BCUT2D eigenvalue weighted by molar-refractivity contribution is 0.0399.